The summed E-state index contributed by atoms with van der Waals surface area (Å²) < 4.78 is 5.73. The number of aryl methyl sites for hydroxylation is 1. The third kappa shape index (κ3) is 7.30. The number of hydrogen-bond donors (Lipinski definition) is 0. The van der Waals surface area contributed by atoms with Crippen LogP contribution < -0.4 is 4.74 Å². The number of hydrogen-bond acceptors (Lipinski definition) is 5. The van der Waals surface area contributed by atoms with Crippen molar-refractivity contribution >= 4 is 5.91 Å². The van der Waals surface area contributed by atoms with E-state index in [2.05, 4.69) is 71.0 Å². The number of nitrogens with zero attached hydrogens (tertiary/aromatic N) is 4. The maximum absolute atomic E-state index is 13.5. The van der Waals surface area contributed by atoms with Gasteiger partial charge in [-0.05, 0) is 88.0 Å². The molecule has 2 unspecified atom stereocenters. The lowest BCUT2D eigenvalue weighted by atomic mass is 9.93. The number of likely N-dealkylation sites (tertiary alicyclic amines) is 1. The normalized spacial score (nSPS) is 19.4. The summed E-state index contributed by atoms with van der Waals surface area (Å²) >= 11 is 0. The van der Waals surface area contributed by atoms with Crippen molar-refractivity contribution in [1.82, 2.24) is 19.7 Å². The Bertz CT molecular complexity index is 965. The van der Waals surface area contributed by atoms with E-state index in [1.54, 1.807) is 0 Å². The van der Waals surface area contributed by atoms with Crippen LogP contribution in [0.15, 0.2) is 42.6 Å². The van der Waals surface area contributed by atoms with Crippen LogP contribution in [0, 0.1) is 0 Å². The molecule has 196 valence electrons. The van der Waals surface area contributed by atoms with Crippen molar-refractivity contribution in [3.8, 4) is 5.75 Å². The number of ether oxygens (including phenoxy) is 1. The molecule has 6 nitrogen and oxygen atoms in total. The molecule has 1 aromatic heterocycles. The topological polar surface area (TPSA) is 48.9 Å². The lowest BCUT2D eigenvalue weighted by Gasteiger charge is -2.29. The zero-order valence-electron chi connectivity index (χ0n) is 22.5. The molecule has 1 amide bonds. The van der Waals surface area contributed by atoms with E-state index >= 15 is 0 Å². The molecule has 1 fully saturated rings. The highest BCUT2D eigenvalue weighted by Gasteiger charge is 2.35. The zero-order chi connectivity index (χ0) is 25.3. The molecule has 0 aliphatic carbocycles. The maximum Gasteiger partial charge on any atom is 0.236 e. The molecule has 0 spiro atoms. The van der Waals surface area contributed by atoms with Crippen LogP contribution in [0.2, 0.25) is 0 Å². The van der Waals surface area contributed by atoms with E-state index in [9.17, 15) is 4.79 Å². The van der Waals surface area contributed by atoms with Gasteiger partial charge in [-0.2, -0.15) is 0 Å². The number of amides is 1. The second-order valence-corrected chi connectivity index (χ2v) is 10.7. The van der Waals surface area contributed by atoms with E-state index in [1.807, 2.05) is 12.3 Å². The molecule has 0 N–H and O–H groups in total. The summed E-state index contributed by atoms with van der Waals surface area (Å²) in [7, 11) is 4.19. The van der Waals surface area contributed by atoms with Crippen LogP contribution in [0.4, 0.5) is 0 Å². The first-order chi connectivity index (χ1) is 17.5. The molecule has 1 saturated heterocycles. The molecule has 4 rings (SSSR count). The molecule has 0 saturated carbocycles. The monoisotopic (exact) mass is 492 g/mol. The minimum absolute atomic E-state index is 0.285. The predicted molar refractivity (Wildman–Crippen MR) is 146 cm³/mol. The molecule has 36 heavy (non-hydrogen) atoms. The second kappa shape index (κ2) is 13.2. The van der Waals surface area contributed by atoms with Crippen molar-refractivity contribution in [2.75, 3.05) is 53.4 Å². The molecule has 2 aromatic rings. The molecule has 3 heterocycles. The molecule has 2 atom stereocenters. The van der Waals surface area contributed by atoms with Gasteiger partial charge in [0.1, 0.15) is 5.75 Å². The molecule has 0 bridgehead atoms. The Balaban J connectivity index is 1.44. The van der Waals surface area contributed by atoms with E-state index in [1.165, 1.54) is 11.1 Å². The Kier molecular flexibility index (Phi) is 9.76. The van der Waals surface area contributed by atoms with Gasteiger partial charge in [-0.3, -0.25) is 14.7 Å². The summed E-state index contributed by atoms with van der Waals surface area (Å²) in [6.45, 7) is 7.17. The van der Waals surface area contributed by atoms with Gasteiger partial charge in [0.15, 0.2) is 0 Å². The Morgan fingerprint density at radius 3 is 2.78 bits per heavy atom. The third-order valence-electron chi connectivity index (χ3n) is 7.68. The standard InChI is InChI=1S/C30H44N4O2/c1-4-5-17-33(18-8-16-32(2)3)30(35)23-34-22-26(24-10-13-29-25(20-24)14-19-36-29)21-28(34)12-11-27-9-6-7-15-31-27/h6-7,9-10,13,15,20,26,28H,4-5,8,11-12,14,16-19,21-23H2,1-3H3. The van der Waals surface area contributed by atoms with Crippen molar-refractivity contribution in [2.45, 2.75) is 63.8 Å². The lowest BCUT2D eigenvalue weighted by molar-refractivity contribution is -0.132. The summed E-state index contributed by atoms with van der Waals surface area (Å²) in [5, 5.41) is 0. The van der Waals surface area contributed by atoms with Crippen LogP contribution in [-0.2, 0) is 17.6 Å². The second-order valence-electron chi connectivity index (χ2n) is 10.7. The zero-order valence-corrected chi connectivity index (χ0v) is 22.5. The van der Waals surface area contributed by atoms with E-state index < -0.39 is 0 Å². The number of rotatable bonds is 13. The Morgan fingerprint density at radius 1 is 1.14 bits per heavy atom. The Labute approximate surface area is 217 Å². The first-order valence-corrected chi connectivity index (χ1v) is 13.9. The number of benzene rings is 1. The van der Waals surface area contributed by atoms with Gasteiger partial charge >= 0.3 is 0 Å². The molecule has 2 aliphatic heterocycles. The number of carbonyl (C=O) groups excluding carboxylic acids is 1. The largest absolute Gasteiger partial charge is 0.493 e. The fraction of sp³-hybridized carbons (Fsp3) is 0.600. The summed E-state index contributed by atoms with van der Waals surface area (Å²) in [6.07, 6.45) is 9.14. The number of unbranched alkanes of at least 4 members (excludes halogenated alkanes) is 1. The SMILES string of the molecule is CCCCN(CCCN(C)C)C(=O)CN1CC(c2ccc3c(c2)CCO3)CC1CCc1ccccn1. The molecule has 1 aromatic carbocycles. The lowest BCUT2D eigenvalue weighted by Crippen LogP contribution is -2.43. The van der Waals surface area contributed by atoms with Crippen molar-refractivity contribution in [3.05, 3.63) is 59.4 Å². The van der Waals surface area contributed by atoms with E-state index in [-0.39, 0.29) is 5.91 Å². The smallest absolute Gasteiger partial charge is 0.236 e. The minimum atomic E-state index is 0.285. The van der Waals surface area contributed by atoms with Gasteiger partial charge < -0.3 is 14.5 Å². The number of carbonyl (C=O) groups is 1. The van der Waals surface area contributed by atoms with Gasteiger partial charge in [-0.15, -0.1) is 0 Å². The van der Waals surface area contributed by atoms with Gasteiger partial charge in [0.2, 0.25) is 5.91 Å². The number of aromatic nitrogens is 1. The average molecular weight is 493 g/mol. The molecular weight excluding hydrogens is 448 g/mol. The highest BCUT2D eigenvalue weighted by atomic mass is 16.5. The Hall–Kier alpha value is -2.44. The van der Waals surface area contributed by atoms with Gasteiger partial charge in [-0.1, -0.05) is 31.5 Å². The van der Waals surface area contributed by atoms with Crippen molar-refractivity contribution < 1.29 is 9.53 Å². The molecular formula is C30H44N4O2. The summed E-state index contributed by atoms with van der Waals surface area (Å²) in [5.41, 5.74) is 3.86. The highest BCUT2D eigenvalue weighted by Crippen LogP contribution is 2.36. The average Bonchev–Trinajstić information content (AvgIpc) is 3.51. The Morgan fingerprint density at radius 2 is 2.00 bits per heavy atom. The maximum atomic E-state index is 13.5. The van der Waals surface area contributed by atoms with Crippen LogP contribution >= 0.6 is 0 Å². The highest BCUT2D eigenvalue weighted by molar-refractivity contribution is 5.78. The summed E-state index contributed by atoms with van der Waals surface area (Å²) in [4.78, 5) is 24.9. The molecule has 6 heteroatoms. The van der Waals surface area contributed by atoms with Crippen LogP contribution in [0.5, 0.6) is 5.75 Å². The first kappa shape index (κ1) is 26.6. The summed E-state index contributed by atoms with van der Waals surface area (Å²) in [6, 6.07) is 13.3. The van der Waals surface area contributed by atoms with Crippen LogP contribution in [-0.4, -0.2) is 85.1 Å². The van der Waals surface area contributed by atoms with Crippen molar-refractivity contribution in [3.63, 3.8) is 0 Å². The van der Waals surface area contributed by atoms with Gasteiger partial charge in [0.25, 0.3) is 0 Å². The fourth-order valence-corrected chi connectivity index (χ4v) is 5.60. The van der Waals surface area contributed by atoms with Crippen LogP contribution in [0.25, 0.3) is 0 Å². The summed E-state index contributed by atoms with van der Waals surface area (Å²) in [5.74, 6) is 1.78. The molecule has 0 radical (unpaired) electrons. The number of fused-ring (bicyclic) bond motifs is 1. The van der Waals surface area contributed by atoms with E-state index in [0.717, 1.165) is 89.2 Å². The van der Waals surface area contributed by atoms with E-state index in [0.29, 0.717) is 18.5 Å². The fourth-order valence-electron chi connectivity index (χ4n) is 5.60. The van der Waals surface area contributed by atoms with Crippen LogP contribution in [0.1, 0.15) is 61.8 Å². The van der Waals surface area contributed by atoms with Gasteiger partial charge in [-0.25, -0.2) is 0 Å². The van der Waals surface area contributed by atoms with Crippen LogP contribution in [0.3, 0.4) is 0 Å². The first-order valence-electron chi connectivity index (χ1n) is 13.9. The van der Waals surface area contributed by atoms with Gasteiger partial charge in [0.05, 0.1) is 13.2 Å². The van der Waals surface area contributed by atoms with Crippen molar-refractivity contribution in [1.29, 1.82) is 0 Å². The third-order valence-corrected chi connectivity index (χ3v) is 7.68. The number of pyridine rings is 1. The molecule has 2 aliphatic rings. The van der Waals surface area contributed by atoms with Crippen molar-refractivity contribution in [2.24, 2.45) is 0 Å². The van der Waals surface area contributed by atoms with E-state index in [4.69, 9.17) is 4.74 Å². The minimum Gasteiger partial charge on any atom is -0.493 e. The quantitative estimate of drug-likeness (QED) is 0.415. The van der Waals surface area contributed by atoms with Gasteiger partial charge in [0, 0.05) is 44.0 Å². The predicted octanol–water partition coefficient (Wildman–Crippen LogP) is 4.39.